The summed E-state index contributed by atoms with van der Waals surface area (Å²) in [5.74, 6) is -0.536. The number of hydrogen-bond donors (Lipinski definition) is 1. The Morgan fingerprint density at radius 1 is 1.24 bits per heavy atom. The van der Waals surface area contributed by atoms with E-state index in [4.69, 9.17) is 4.74 Å². The van der Waals surface area contributed by atoms with Gasteiger partial charge in [0.2, 0.25) is 5.91 Å². The molecule has 0 unspecified atom stereocenters. The summed E-state index contributed by atoms with van der Waals surface area (Å²) < 4.78 is 4.86. The highest BCUT2D eigenvalue weighted by Crippen LogP contribution is 2.36. The van der Waals surface area contributed by atoms with Crippen molar-refractivity contribution in [1.29, 1.82) is 0 Å². The van der Waals surface area contributed by atoms with Crippen LogP contribution < -0.4 is 5.32 Å². The third-order valence-corrected chi connectivity index (χ3v) is 3.89. The van der Waals surface area contributed by atoms with Crippen molar-refractivity contribution in [3.63, 3.8) is 0 Å². The lowest BCUT2D eigenvalue weighted by Crippen LogP contribution is -2.13. The zero-order valence-electron chi connectivity index (χ0n) is 12.0. The monoisotopic (exact) mass is 303 g/mol. The highest BCUT2D eigenvalue weighted by Gasteiger charge is 2.21. The number of thiophene rings is 1. The molecule has 0 aliphatic heterocycles. The van der Waals surface area contributed by atoms with Gasteiger partial charge in [-0.3, -0.25) is 4.79 Å². The lowest BCUT2D eigenvalue weighted by atomic mass is 10.0. The number of amides is 1. The first-order valence-electron chi connectivity index (χ1n) is 6.72. The van der Waals surface area contributed by atoms with E-state index < -0.39 is 5.97 Å². The van der Waals surface area contributed by atoms with Crippen LogP contribution in [0.1, 0.15) is 30.1 Å². The predicted molar refractivity (Wildman–Crippen MR) is 84.6 cm³/mol. The van der Waals surface area contributed by atoms with Gasteiger partial charge in [0.05, 0.1) is 7.11 Å². The molecule has 1 amide bonds. The van der Waals surface area contributed by atoms with Gasteiger partial charge in [-0.2, -0.15) is 0 Å². The quantitative estimate of drug-likeness (QED) is 0.851. The molecule has 2 rings (SSSR count). The van der Waals surface area contributed by atoms with Crippen molar-refractivity contribution in [3.05, 3.63) is 41.3 Å². The minimum Gasteiger partial charge on any atom is -0.465 e. The molecular weight excluding hydrogens is 286 g/mol. The van der Waals surface area contributed by atoms with Crippen molar-refractivity contribution >= 4 is 28.2 Å². The van der Waals surface area contributed by atoms with E-state index in [1.807, 2.05) is 42.6 Å². The second-order valence-electron chi connectivity index (χ2n) is 4.51. The van der Waals surface area contributed by atoms with Crippen molar-refractivity contribution in [2.75, 3.05) is 12.4 Å². The Kier molecular flexibility index (Phi) is 5.11. The Morgan fingerprint density at radius 3 is 2.57 bits per heavy atom. The average molecular weight is 303 g/mol. The Bertz CT molecular complexity index is 634. The molecule has 5 heteroatoms. The molecule has 0 aliphatic carbocycles. The molecule has 0 spiro atoms. The molecule has 0 radical (unpaired) electrons. The Balaban J connectivity index is 2.41. The van der Waals surface area contributed by atoms with Gasteiger partial charge in [-0.15, -0.1) is 11.3 Å². The number of anilines is 1. The highest BCUT2D eigenvalue weighted by atomic mass is 32.1. The van der Waals surface area contributed by atoms with Crippen LogP contribution in [-0.4, -0.2) is 19.0 Å². The summed E-state index contributed by atoms with van der Waals surface area (Å²) in [5, 5.41) is 5.20. The molecule has 4 nitrogen and oxygen atoms in total. The first kappa shape index (κ1) is 15.3. The van der Waals surface area contributed by atoms with Crippen LogP contribution in [0.5, 0.6) is 0 Å². The summed E-state index contributed by atoms with van der Waals surface area (Å²) in [6.45, 7) is 1.94. The zero-order valence-corrected chi connectivity index (χ0v) is 12.8. The summed E-state index contributed by atoms with van der Waals surface area (Å²) in [5.41, 5.74) is 2.11. The van der Waals surface area contributed by atoms with Gasteiger partial charge in [-0.05, 0) is 12.0 Å². The van der Waals surface area contributed by atoms with Gasteiger partial charge >= 0.3 is 5.97 Å². The third kappa shape index (κ3) is 3.49. The van der Waals surface area contributed by atoms with Crippen molar-refractivity contribution in [1.82, 2.24) is 0 Å². The van der Waals surface area contributed by atoms with Crippen LogP contribution in [0.15, 0.2) is 35.7 Å². The number of carbonyl (C=O) groups excluding carboxylic acids is 2. The van der Waals surface area contributed by atoms with Gasteiger partial charge in [0.25, 0.3) is 0 Å². The Morgan fingerprint density at radius 2 is 1.95 bits per heavy atom. The summed E-state index contributed by atoms with van der Waals surface area (Å²) in [6.07, 6.45) is 1.19. The number of ether oxygens (including phenoxy) is 1. The normalized spacial score (nSPS) is 10.2. The number of carbonyl (C=O) groups is 2. The zero-order chi connectivity index (χ0) is 15.2. The first-order valence-corrected chi connectivity index (χ1v) is 7.60. The lowest BCUT2D eigenvalue weighted by Gasteiger charge is -2.07. The van der Waals surface area contributed by atoms with Crippen LogP contribution in [0.3, 0.4) is 0 Å². The number of benzene rings is 1. The third-order valence-electron chi connectivity index (χ3n) is 3.00. The molecular formula is C16H17NO3S. The molecule has 0 fully saturated rings. The largest absolute Gasteiger partial charge is 0.465 e. The number of esters is 1. The molecule has 21 heavy (non-hydrogen) atoms. The van der Waals surface area contributed by atoms with Crippen LogP contribution in [0, 0.1) is 0 Å². The van der Waals surface area contributed by atoms with Crippen LogP contribution in [-0.2, 0) is 9.53 Å². The van der Waals surface area contributed by atoms with Gasteiger partial charge in [-0.1, -0.05) is 37.3 Å². The van der Waals surface area contributed by atoms with Crippen molar-refractivity contribution < 1.29 is 14.3 Å². The fourth-order valence-corrected chi connectivity index (χ4v) is 2.97. The van der Waals surface area contributed by atoms with Crippen LogP contribution in [0.2, 0.25) is 0 Å². The minimum absolute atomic E-state index is 0.0934. The number of methoxy groups -OCH3 is 1. The van der Waals surface area contributed by atoms with Gasteiger partial charge in [0.1, 0.15) is 10.6 Å². The molecule has 1 N–H and O–H groups in total. The summed E-state index contributed by atoms with van der Waals surface area (Å²) in [4.78, 5) is 23.8. The first-order chi connectivity index (χ1) is 10.2. The van der Waals surface area contributed by atoms with E-state index in [0.29, 0.717) is 17.0 Å². The maximum atomic E-state index is 12.1. The molecule has 1 aromatic heterocycles. The molecule has 110 valence electrons. The summed E-state index contributed by atoms with van der Waals surface area (Å²) >= 11 is 1.34. The smallest absolute Gasteiger partial charge is 0.341 e. The van der Waals surface area contributed by atoms with Gasteiger partial charge in [0.15, 0.2) is 0 Å². The van der Waals surface area contributed by atoms with Crippen LogP contribution in [0.25, 0.3) is 11.1 Å². The lowest BCUT2D eigenvalue weighted by molar-refractivity contribution is -0.116. The van der Waals surface area contributed by atoms with Crippen molar-refractivity contribution in [2.24, 2.45) is 0 Å². The standard InChI is InChI=1S/C16H17NO3S/c1-3-7-13(18)17-15-14(16(19)20-2)12(10-21-15)11-8-5-4-6-9-11/h4-6,8-10H,3,7H2,1-2H3,(H,17,18). The number of rotatable bonds is 5. The number of nitrogens with one attached hydrogen (secondary N) is 1. The molecule has 1 heterocycles. The molecule has 1 aromatic carbocycles. The van der Waals surface area contributed by atoms with E-state index in [-0.39, 0.29) is 5.91 Å². The summed E-state index contributed by atoms with van der Waals surface area (Å²) in [6, 6.07) is 9.57. The maximum Gasteiger partial charge on any atom is 0.341 e. The second-order valence-corrected chi connectivity index (χ2v) is 5.39. The Hall–Kier alpha value is -2.14. The minimum atomic E-state index is -0.443. The molecule has 0 saturated heterocycles. The molecule has 2 aromatic rings. The summed E-state index contributed by atoms with van der Waals surface area (Å²) in [7, 11) is 1.34. The highest BCUT2D eigenvalue weighted by molar-refractivity contribution is 7.15. The second kappa shape index (κ2) is 7.04. The molecule has 0 bridgehead atoms. The van der Waals surface area contributed by atoms with E-state index in [9.17, 15) is 9.59 Å². The van der Waals surface area contributed by atoms with Gasteiger partial charge < -0.3 is 10.1 Å². The van der Waals surface area contributed by atoms with E-state index in [2.05, 4.69) is 5.32 Å². The van der Waals surface area contributed by atoms with E-state index >= 15 is 0 Å². The maximum absolute atomic E-state index is 12.1. The SMILES string of the molecule is CCCC(=O)Nc1scc(-c2ccccc2)c1C(=O)OC. The van der Waals surface area contributed by atoms with Gasteiger partial charge in [-0.25, -0.2) is 4.79 Å². The Labute approximate surface area is 127 Å². The fraction of sp³-hybridized carbons (Fsp3) is 0.250. The predicted octanol–water partition coefficient (Wildman–Crippen LogP) is 3.94. The molecule has 0 atom stereocenters. The van der Waals surface area contributed by atoms with Crippen LogP contribution >= 0.6 is 11.3 Å². The average Bonchev–Trinajstić information content (AvgIpc) is 2.91. The van der Waals surface area contributed by atoms with Crippen molar-refractivity contribution in [3.8, 4) is 11.1 Å². The van der Waals surface area contributed by atoms with Crippen LogP contribution in [0.4, 0.5) is 5.00 Å². The van der Waals surface area contributed by atoms with E-state index in [0.717, 1.165) is 17.5 Å². The van der Waals surface area contributed by atoms with E-state index in [1.54, 1.807) is 0 Å². The topological polar surface area (TPSA) is 55.4 Å². The fourth-order valence-electron chi connectivity index (χ4n) is 2.00. The van der Waals surface area contributed by atoms with Crippen molar-refractivity contribution in [2.45, 2.75) is 19.8 Å². The number of hydrogen-bond acceptors (Lipinski definition) is 4. The molecule has 0 aliphatic rings. The van der Waals surface area contributed by atoms with E-state index in [1.165, 1.54) is 18.4 Å². The van der Waals surface area contributed by atoms with Gasteiger partial charge in [0, 0.05) is 17.4 Å². The molecule has 0 saturated carbocycles.